The monoisotopic (exact) mass is 379 g/mol. The van der Waals surface area contributed by atoms with Crippen LogP contribution in [-0.4, -0.2) is 42.4 Å². The number of halogens is 1. The number of nitrogens with one attached hydrogen (secondary N) is 1. The average Bonchev–Trinajstić information content (AvgIpc) is 3.11. The Bertz CT molecular complexity index is 612. The summed E-state index contributed by atoms with van der Waals surface area (Å²) < 4.78 is 0. The van der Waals surface area contributed by atoms with Crippen molar-refractivity contribution in [3.8, 4) is 0 Å². The number of carbonyl (C=O) groups excluding carboxylic acids is 2. The van der Waals surface area contributed by atoms with Crippen LogP contribution in [0.5, 0.6) is 0 Å². The molecule has 0 radical (unpaired) electrons. The summed E-state index contributed by atoms with van der Waals surface area (Å²) in [7, 11) is 0. The summed E-state index contributed by atoms with van der Waals surface area (Å²) in [6.45, 7) is 4.01. The topological polar surface area (TPSA) is 75.4 Å². The van der Waals surface area contributed by atoms with Crippen molar-refractivity contribution in [2.24, 2.45) is 17.6 Å². The molecule has 1 aliphatic carbocycles. The van der Waals surface area contributed by atoms with Crippen molar-refractivity contribution in [3.05, 3.63) is 35.4 Å². The van der Waals surface area contributed by atoms with Crippen molar-refractivity contribution in [2.75, 3.05) is 19.6 Å². The van der Waals surface area contributed by atoms with Crippen molar-refractivity contribution in [3.63, 3.8) is 0 Å². The zero-order valence-corrected chi connectivity index (χ0v) is 16.3. The summed E-state index contributed by atoms with van der Waals surface area (Å²) in [4.78, 5) is 27.0. The smallest absolute Gasteiger partial charge is 0.253 e. The van der Waals surface area contributed by atoms with Crippen molar-refractivity contribution in [2.45, 2.75) is 45.1 Å². The van der Waals surface area contributed by atoms with E-state index in [1.165, 1.54) is 0 Å². The third kappa shape index (κ3) is 4.77. The van der Waals surface area contributed by atoms with Crippen LogP contribution in [0, 0.1) is 18.8 Å². The van der Waals surface area contributed by atoms with E-state index in [9.17, 15) is 9.59 Å². The maximum Gasteiger partial charge on any atom is 0.253 e. The van der Waals surface area contributed by atoms with Gasteiger partial charge in [-0.05, 0) is 57.2 Å². The highest BCUT2D eigenvalue weighted by molar-refractivity contribution is 5.94. The number of benzene rings is 1. The Kier molecular flexibility index (Phi) is 7.47. The van der Waals surface area contributed by atoms with Crippen molar-refractivity contribution < 1.29 is 9.59 Å². The first-order valence-corrected chi connectivity index (χ1v) is 9.45. The molecule has 144 valence electrons. The summed E-state index contributed by atoms with van der Waals surface area (Å²) in [6.07, 6.45) is 4.77. The highest BCUT2D eigenvalue weighted by atomic mass is 35.5. The molecule has 1 aromatic rings. The summed E-state index contributed by atoms with van der Waals surface area (Å²) in [5.41, 5.74) is 7.68. The second-order valence-electron chi connectivity index (χ2n) is 7.47. The van der Waals surface area contributed by atoms with E-state index < -0.39 is 0 Å². The minimum Gasteiger partial charge on any atom is -0.353 e. The fraction of sp³-hybridized carbons (Fsp3) is 0.600. The number of piperidine rings is 1. The predicted molar refractivity (Wildman–Crippen MR) is 105 cm³/mol. The Morgan fingerprint density at radius 3 is 2.38 bits per heavy atom. The average molecular weight is 380 g/mol. The molecule has 2 amide bonds. The van der Waals surface area contributed by atoms with Crippen LogP contribution in [0.4, 0.5) is 0 Å². The first-order valence-electron chi connectivity index (χ1n) is 9.45. The number of likely N-dealkylation sites (tertiary alicyclic amines) is 1. The Hall–Kier alpha value is -1.59. The molecule has 2 fully saturated rings. The van der Waals surface area contributed by atoms with Gasteiger partial charge in [0.25, 0.3) is 5.91 Å². The maximum atomic E-state index is 12.6. The van der Waals surface area contributed by atoms with Crippen LogP contribution >= 0.6 is 12.4 Å². The van der Waals surface area contributed by atoms with Gasteiger partial charge in [0.2, 0.25) is 5.91 Å². The number of nitrogens with two attached hydrogens (primary N) is 1. The molecule has 2 aliphatic rings. The molecular weight excluding hydrogens is 350 g/mol. The Morgan fingerprint density at radius 2 is 1.77 bits per heavy atom. The van der Waals surface area contributed by atoms with Gasteiger partial charge in [0, 0.05) is 30.6 Å². The van der Waals surface area contributed by atoms with Crippen LogP contribution in [0.3, 0.4) is 0 Å². The summed E-state index contributed by atoms with van der Waals surface area (Å²) >= 11 is 0. The molecule has 0 aromatic heterocycles. The molecule has 1 saturated carbocycles. The van der Waals surface area contributed by atoms with E-state index in [0.717, 1.165) is 43.2 Å². The molecule has 3 rings (SSSR count). The van der Waals surface area contributed by atoms with Crippen LogP contribution in [0.25, 0.3) is 0 Å². The van der Waals surface area contributed by atoms with Crippen molar-refractivity contribution >= 4 is 24.2 Å². The van der Waals surface area contributed by atoms with Gasteiger partial charge in [0.05, 0.1) is 0 Å². The zero-order valence-electron chi connectivity index (χ0n) is 15.4. The SMILES string of the molecule is Cc1ccc(C(=O)N2CCC(NC(=O)[C@@H]3CCC[C@@H]3CN)CC2)cc1.Cl. The number of hydrogen-bond acceptors (Lipinski definition) is 3. The van der Waals surface area contributed by atoms with Gasteiger partial charge >= 0.3 is 0 Å². The lowest BCUT2D eigenvalue weighted by molar-refractivity contribution is -0.126. The van der Waals surface area contributed by atoms with Crippen molar-refractivity contribution in [1.82, 2.24) is 10.2 Å². The predicted octanol–water partition coefficient (Wildman–Crippen LogP) is 2.51. The van der Waals surface area contributed by atoms with E-state index in [1.807, 2.05) is 36.1 Å². The molecule has 1 aromatic carbocycles. The van der Waals surface area contributed by atoms with E-state index >= 15 is 0 Å². The number of rotatable bonds is 4. The summed E-state index contributed by atoms with van der Waals surface area (Å²) in [5.74, 6) is 0.667. The van der Waals surface area contributed by atoms with Gasteiger partial charge in [0.1, 0.15) is 0 Å². The second-order valence-corrected chi connectivity index (χ2v) is 7.47. The normalized spacial score (nSPS) is 23.4. The van der Waals surface area contributed by atoms with Gasteiger partial charge in [-0.2, -0.15) is 0 Å². The quantitative estimate of drug-likeness (QED) is 0.843. The minimum absolute atomic E-state index is 0. The van der Waals surface area contributed by atoms with Gasteiger partial charge < -0.3 is 16.0 Å². The van der Waals surface area contributed by atoms with Crippen molar-refractivity contribution in [1.29, 1.82) is 0 Å². The van der Waals surface area contributed by atoms with E-state index in [0.29, 0.717) is 25.6 Å². The lowest BCUT2D eigenvalue weighted by atomic mass is 9.94. The van der Waals surface area contributed by atoms with Gasteiger partial charge in [0.15, 0.2) is 0 Å². The third-order valence-electron chi connectivity index (χ3n) is 5.73. The molecule has 5 nitrogen and oxygen atoms in total. The summed E-state index contributed by atoms with van der Waals surface area (Å²) in [6, 6.07) is 7.89. The van der Waals surface area contributed by atoms with Gasteiger partial charge in [-0.15, -0.1) is 12.4 Å². The fourth-order valence-electron chi connectivity index (χ4n) is 4.08. The van der Waals surface area contributed by atoms with E-state index in [4.69, 9.17) is 5.73 Å². The molecule has 1 heterocycles. The molecular formula is C20H30ClN3O2. The molecule has 3 N–H and O–H groups in total. The van der Waals surface area contributed by atoms with Crippen LogP contribution in [0.15, 0.2) is 24.3 Å². The van der Waals surface area contributed by atoms with E-state index in [1.54, 1.807) is 0 Å². The standard InChI is InChI=1S/C20H29N3O2.ClH/c1-14-5-7-15(8-6-14)20(25)23-11-9-17(10-12-23)22-19(24)18-4-2-3-16(18)13-21;/h5-8,16-18H,2-4,9-13,21H2,1H3,(H,22,24);1H/t16-,18-;/m1./s1. The first kappa shape index (κ1) is 20.7. The third-order valence-corrected chi connectivity index (χ3v) is 5.73. The fourth-order valence-corrected chi connectivity index (χ4v) is 4.08. The minimum atomic E-state index is 0. The molecule has 0 bridgehead atoms. The molecule has 6 heteroatoms. The van der Waals surface area contributed by atoms with E-state index in [2.05, 4.69) is 5.32 Å². The van der Waals surface area contributed by atoms with Crippen LogP contribution < -0.4 is 11.1 Å². The molecule has 1 saturated heterocycles. The highest BCUT2D eigenvalue weighted by Gasteiger charge is 2.33. The zero-order chi connectivity index (χ0) is 17.8. The van der Waals surface area contributed by atoms with Crippen LogP contribution in [0.1, 0.15) is 48.0 Å². The lowest BCUT2D eigenvalue weighted by Crippen LogP contribution is -2.48. The van der Waals surface area contributed by atoms with Crippen LogP contribution in [0.2, 0.25) is 0 Å². The number of amides is 2. The molecule has 0 spiro atoms. The number of aryl methyl sites for hydroxylation is 1. The maximum absolute atomic E-state index is 12.6. The highest BCUT2D eigenvalue weighted by Crippen LogP contribution is 2.31. The largest absolute Gasteiger partial charge is 0.353 e. The molecule has 0 unspecified atom stereocenters. The van der Waals surface area contributed by atoms with Gasteiger partial charge in [-0.25, -0.2) is 0 Å². The molecule has 1 aliphatic heterocycles. The first-order chi connectivity index (χ1) is 12.1. The number of nitrogens with zero attached hydrogens (tertiary/aromatic N) is 1. The van der Waals surface area contributed by atoms with Gasteiger partial charge in [-0.3, -0.25) is 9.59 Å². The second kappa shape index (κ2) is 9.38. The molecule has 2 atom stereocenters. The number of hydrogen-bond donors (Lipinski definition) is 2. The molecule has 26 heavy (non-hydrogen) atoms. The van der Waals surface area contributed by atoms with Gasteiger partial charge in [-0.1, -0.05) is 24.1 Å². The van der Waals surface area contributed by atoms with Crippen LogP contribution in [-0.2, 0) is 4.79 Å². The number of carbonyl (C=O) groups is 2. The van der Waals surface area contributed by atoms with E-state index in [-0.39, 0.29) is 36.2 Å². The Balaban J connectivity index is 0.00000243. The summed E-state index contributed by atoms with van der Waals surface area (Å²) in [5, 5.41) is 3.20. The lowest BCUT2D eigenvalue weighted by Gasteiger charge is -2.33. The Morgan fingerprint density at radius 1 is 1.12 bits per heavy atom. The Labute approximate surface area is 162 Å².